The summed E-state index contributed by atoms with van der Waals surface area (Å²) in [5.41, 5.74) is 3.44. The maximum absolute atomic E-state index is 11.6. The Balaban J connectivity index is 2.73. The minimum Gasteiger partial charge on any atom is -0.496 e. The molecule has 1 aromatic carbocycles. The highest BCUT2D eigenvalue weighted by Crippen LogP contribution is 2.22. The Kier molecular flexibility index (Phi) is 5.36. The van der Waals surface area contributed by atoms with Crippen LogP contribution in [0.2, 0.25) is 0 Å². The van der Waals surface area contributed by atoms with E-state index in [0.29, 0.717) is 6.54 Å². The standard InChI is InChI=1S/C15H23NO3/c1-10-9-14(19-5)11(2)8-13(10)6-7-16(4)15(18)12(3)17/h8-9,12,17H,6-7H2,1-5H3. The van der Waals surface area contributed by atoms with Crippen molar-refractivity contribution < 1.29 is 14.6 Å². The topological polar surface area (TPSA) is 49.8 Å². The molecular formula is C15H23NO3. The predicted octanol–water partition coefficient (Wildman–Crippen LogP) is 1.69. The van der Waals surface area contributed by atoms with Gasteiger partial charge < -0.3 is 14.7 Å². The number of hydrogen-bond donors (Lipinski definition) is 1. The van der Waals surface area contributed by atoms with Crippen molar-refractivity contribution in [2.75, 3.05) is 20.7 Å². The van der Waals surface area contributed by atoms with Crippen molar-refractivity contribution in [3.05, 3.63) is 28.8 Å². The molecule has 1 atom stereocenters. The zero-order valence-electron chi connectivity index (χ0n) is 12.4. The van der Waals surface area contributed by atoms with Crippen LogP contribution in [0.1, 0.15) is 23.6 Å². The highest BCUT2D eigenvalue weighted by Gasteiger charge is 2.14. The van der Waals surface area contributed by atoms with Gasteiger partial charge in [-0.1, -0.05) is 6.07 Å². The fourth-order valence-corrected chi connectivity index (χ4v) is 2.06. The van der Waals surface area contributed by atoms with Crippen molar-refractivity contribution in [1.82, 2.24) is 4.90 Å². The third-order valence-electron chi connectivity index (χ3n) is 3.30. The van der Waals surface area contributed by atoms with Gasteiger partial charge in [0.2, 0.25) is 0 Å². The van der Waals surface area contributed by atoms with Gasteiger partial charge in [-0.25, -0.2) is 0 Å². The molecular weight excluding hydrogens is 242 g/mol. The molecule has 0 aliphatic rings. The van der Waals surface area contributed by atoms with E-state index in [1.54, 1.807) is 19.1 Å². The zero-order chi connectivity index (χ0) is 14.6. The number of aryl methyl sites for hydroxylation is 2. The lowest BCUT2D eigenvalue weighted by Gasteiger charge is -2.19. The van der Waals surface area contributed by atoms with Crippen molar-refractivity contribution in [3.63, 3.8) is 0 Å². The fraction of sp³-hybridized carbons (Fsp3) is 0.533. The van der Waals surface area contributed by atoms with Crippen molar-refractivity contribution in [2.45, 2.75) is 33.3 Å². The summed E-state index contributed by atoms with van der Waals surface area (Å²) in [6.07, 6.45) is -0.172. The summed E-state index contributed by atoms with van der Waals surface area (Å²) in [6.45, 7) is 6.12. The lowest BCUT2D eigenvalue weighted by Crippen LogP contribution is -2.36. The van der Waals surface area contributed by atoms with Crippen molar-refractivity contribution in [3.8, 4) is 5.75 Å². The van der Waals surface area contributed by atoms with E-state index in [0.717, 1.165) is 23.3 Å². The van der Waals surface area contributed by atoms with Crippen molar-refractivity contribution >= 4 is 5.91 Å². The molecule has 0 spiro atoms. The predicted molar refractivity (Wildman–Crippen MR) is 75.5 cm³/mol. The van der Waals surface area contributed by atoms with E-state index >= 15 is 0 Å². The third kappa shape index (κ3) is 3.96. The highest BCUT2D eigenvalue weighted by atomic mass is 16.5. The number of rotatable bonds is 5. The normalized spacial score (nSPS) is 12.1. The van der Waals surface area contributed by atoms with Crippen LogP contribution in [-0.2, 0) is 11.2 Å². The quantitative estimate of drug-likeness (QED) is 0.881. The molecule has 1 aromatic rings. The maximum Gasteiger partial charge on any atom is 0.250 e. The summed E-state index contributed by atoms with van der Waals surface area (Å²) >= 11 is 0. The second-order valence-electron chi connectivity index (χ2n) is 4.93. The van der Waals surface area contributed by atoms with Crippen LogP contribution in [0, 0.1) is 13.8 Å². The summed E-state index contributed by atoms with van der Waals surface area (Å²) in [7, 11) is 3.37. The lowest BCUT2D eigenvalue weighted by atomic mass is 10.0. The van der Waals surface area contributed by atoms with Crippen LogP contribution in [-0.4, -0.2) is 42.7 Å². The van der Waals surface area contributed by atoms with Gasteiger partial charge in [0, 0.05) is 13.6 Å². The molecule has 0 fully saturated rings. The van der Waals surface area contributed by atoms with E-state index in [2.05, 4.69) is 6.07 Å². The molecule has 1 unspecified atom stereocenters. The molecule has 0 radical (unpaired) electrons. The zero-order valence-corrected chi connectivity index (χ0v) is 12.4. The third-order valence-corrected chi connectivity index (χ3v) is 3.30. The van der Waals surface area contributed by atoms with Gasteiger partial charge in [0.05, 0.1) is 7.11 Å². The Morgan fingerprint density at radius 3 is 2.53 bits per heavy atom. The SMILES string of the molecule is COc1cc(C)c(CCN(C)C(=O)C(C)O)cc1C. The van der Waals surface area contributed by atoms with E-state index in [4.69, 9.17) is 4.74 Å². The molecule has 106 valence electrons. The summed E-state index contributed by atoms with van der Waals surface area (Å²) in [6, 6.07) is 4.11. The van der Waals surface area contributed by atoms with Crippen molar-refractivity contribution in [1.29, 1.82) is 0 Å². The van der Waals surface area contributed by atoms with Gasteiger partial charge in [-0.2, -0.15) is 0 Å². The Morgan fingerprint density at radius 2 is 2.00 bits per heavy atom. The highest BCUT2D eigenvalue weighted by molar-refractivity contribution is 5.79. The molecule has 0 aromatic heterocycles. The first-order chi connectivity index (χ1) is 8.86. The lowest BCUT2D eigenvalue weighted by molar-refractivity contribution is -0.137. The molecule has 0 bridgehead atoms. The van der Waals surface area contributed by atoms with Crippen molar-refractivity contribution in [2.24, 2.45) is 0 Å². The summed E-state index contributed by atoms with van der Waals surface area (Å²) < 4.78 is 5.28. The number of aliphatic hydroxyl groups excluding tert-OH is 1. The molecule has 1 amide bonds. The summed E-state index contributed by atoms with van der Waals surface area (Å²) in [5, 5.41) is 9.25. The minimum atomic E-state index is -0.941. The number of nitrogens with zero attached hydrogens (tertiary/aromatic N) is 1. The number of hydrogen-bond acceptors (Lipinski definition) is 3. The number of carbonyl (C=O) groups excluding carboxylic acids is 1. The van der Waals surface area contributed by atoms with Crippen LogP contribution in [0.3, 0.4) is 0 Å². The molecule has 0 aliphatic carbocycles. The number of amides is 1. The molecule has 1 rings (SSSR count). The Hall–Kier alpha value is -1.55. The van der Waals surface area contributed by atoms with Gasteiger partial charge in [0.25, 0.3) is 5.91 Å². The molecule has 19 heavy (non-hydrogen) atoms. The second kappa shape index (κ2) is 6.57. The van der Waals surface area contributed by atoms with Gasteiger partial charge in [-0.3, -0.25) is 4.79 Å². The van der Waals surface area contributed by atoms with Gasteiger partial charge in [0.1, 0.15) is 11.9 Å². The largest absolute Gasteiger partial charge is 0.496 e. The number of aliphatic hydroxyl groups is 1. The number of carbonyl (C=O) groups is 1. The molecule has 0 aliphatic heterocycles. The first-order valence-electron chi connectivity index (χ1n) is 6.44. The Bertz CT molecular complexity index is 455. The van der Waals surface area contributed by atoms with Crippen LogP contribution < -0.4 is 4.74 Å². The minimum absolute atomic E-state index is 0.247. The molecule has 0 saturated heterocycles. The molecule has 0 saturated carbocycles. The van der Waals surface area contributed by atoms with E-state index in [1.807, 2.05) is 19.9 Å². The molecule has 4 nitrogen and oxygen atoms in total. The van der Waals surface area contributed by atoms with Crippen LogP contribution >= 0.6 is 0 Å². The number of benzene rings is 1. The van der Waals surface area contributed by atoms with Crippen LogP contribution in [0.5, 0.6) is 5.75 Å². The van der Waals surface area contributed by atoms with E-state index in [-0.39, 0.29) is 5.91 Å². The average Bonchev–Trinajstić information content (AvgIpc) is 2.37. The van der Waals surface area contributed by atoms with Crippen LogP contribution in [0.4, 0.5) is 0 Å². The molecule has 4 heteroatoms. The molecule has 1 N–H and O–H groups in total. The average molecular weight is 265 g/mol. The van der Waals surface area contributed by atoms with Gasteiger partial charge >= 0.3 is 0 Å². The summed E-state index contributed by atoms with van der Waals surface area (Å²) in [5.74, 6) is 0.637. The van der Waals surface area contributed by atoms with Gasteiger partial charge in [-0.05, 0) is 49.9 Å². The maximum atomic E-state index is 11.6. The van der Waals surface area contributed by atoms with Crippen LogP contribution in [0.15, 0.2) is 12.1 Å². The van der Waals surface area contributed by atoms with Gasteiger partial charge in [-0.15, -0.1) is 0 Å². The van der Waals surface area contributed by atoms with E-state index in [9.17, 15) is 9.90 Å². The molecule has 0 heterocycles. The van der Waals surface area contributed by atoms with Crippen LogP contribution in [0.25, 0.3) is 0 Å². The Labute approximate surface area is 115 Å². The second-order valence-corrected chi connectivity index (χ2v) is 4.93. The Morgan fingerprint density at radius 1 is 1.37 bits per heavy atom. The van der Waals surface area contributed by atoms with E-state index in [1.165, 1.54) is 12.5 Å². The first-order valence-corrected chi connectivity index (χ1v) is 6.44. The van der Waals surface area contributed by atoms with Gasteiger partial charge in [0.15, 0.2) is 0 Å². The monoisotopic (exact) mass is 265 g/mol. The number of likely N-dealkylation sites (N-methyl/N-ethyl adjacent to an activating group) is 1. The fourth-order valence-electron chi connectivity index (χ4n) is 2.06. The van der Waals surface area contributed by atoms with E-state index < -0.39 is 6.10 Å². The first kappa shape index (κ1) is 15.5. The number of methoxy groups -OCH3 is 1. The smallest absolute Gasteiger partial charge is 0.250 e. The summed E-state index contributed by atoms with van der Waals surface area (Å²) in [4.78, 5) is 13.1. The number of ether oxygens (including phenoxy) is 1.